The number of anilines is 1. The van der Waals surface area contributed by atoms with Crippen molar-refractivity contribution in [2.75, 3.05) is 5.32 Å². The Morgan fingerprint density at radius 2 is 1.66 bits per heavy atom. The van der Waals surface area contributed by atoms with E-state index in [1.807, 2.05) is 18.2 Å². The van der Waals surface area contributed by atoms with E-state index in [1.54, 1.807) is 36.4 Å². The van der Waals surface area contributed by atoms with Crippen LogP contribution in [0.25, 0.3) is 0 Å². The first-order valence-electron chi connectivity index (χ1n) is 9.30. The zero-order valence-corrected chi connectivity index (χ0v) is 15.6. The first-order chi connectivity index (χ1) is 14.1. The molecule has 0 saturated carbocycles. The van der Waals surface area contributed by atoms with E-state index >= 15 is 0 Å². The monoisotopic (exact) mass is 390 g/mol. The molecule has 5 nitrogen and oxygen atoms in total. The van der Waals surface area contributed by atoms with E-state index in [-0.39, 0.29) is 17.6 Å². The van der Waals surface area contributed by atoms with Gasteiger partial charge in [0.25, 0.3) is 5.91 Å². The van der Waals surface area contributed by atoms with Gasteiger partial charge < -0.3 is 15.4 Å². The van der Waals surface area contributed by atoms with Gasteiger partial charge in [0, 0.05) is 24.2 Å². The summed E-state index contributed by atoms with van der Waals surface area (Å²) in [6, 6.07) is 18.4. The molecule has 0 radical (unpaired) electrons. The average Bonchev–Trinajstić information content (AvgIpc) is 2.74. The highest BCUT2D eigenvalue weighted by Crippen LogP contribution is 2.24. The van der Waals surface area contributed by atoms with Gasteiger partial charge in [-0.1, -0.05) is 12.1 Å². The summed E-state index contributed by atoms with van der Waals surface area (Å²) in [7, 11) is 0. The number of hydrogen-bond acceptors (Lipinski definition) is 3. The Balaban J connectivity index is 1.34. The molecule has 0 unspecified atom stereocenters. The topological polar surface area (TPSA) is 67.4 Å². The van der Waals surface area contributed by atoms with Crippen LogP contribution in [0.2, 0.25) is 0 Å². The lowest BCUT2D eigenvalue weighted by Gasteiger charge is -2.17. The van der Waals surface area contributed by atoms with Crippen LogP contribution in [-0.2, 0) is 17.8 Å². The molecule has 0 atom stereocenters. The van der Waals surface area contributed by atoms with Gasteiger partial charge in [-0.3, -0.25) is 9.59 Å². The lowest BCUT2D eigenvalue weighted by atomic mass is 10.00. The summed E-state index contributed by atoms with van der Waals surface area (Å²) in [5.41, 5.74) is 3.24. The largest absolute Gasteiger partial charge is 0.457 e. The van der Waals surface area contributed by atoms with E-state index < -0.39 is 0 Å². The van der Waals surface area contributed by atoms with E-state index in [9.17, 15) is 14.0 Å². The highest BCUT2D eigenvalue weighted by atomic mass is 19.1. The summed E-state index contributed by atoms with van der Waals surface area (Å²) < 4.78 is 18.6. The van der Waals surface area contributed by atoms with Crippen molar-refractivity contribution in [1.82, 2.24) is 5.32 Å². The molecular weight excluding hydrogens is 371 g/mol. The standard InChI is InChI=1S/C23H19FN2O3/c24-18-5-9-20(10-6-18)29-19-7-1-15(2-8-19)14-25-23(28)17-3-11-21-16(13-17)4-12-22(27)26-21/h1-3,5-11,13H,4,12,14H2,(H,25,28)(H,26,27). The fourth-order valence-corrected chi connectivity index (χ4v) is 3.12. The quantitative estimate of drug-likeness (QED) is 0.677. The van der Waals surface area contributed by atoms with Crippen molar-refractivity contribution in [2.45, 2.75) is 19.4 Å². The molecule has 0 spiro atoms. The smallest absolute Gasteiger partial charge is 0.251 e. The molecule has 3 aromatic rings. The molecule has 0 fully saturated rings. The molecule has 0 bridgehead atoms. The minimum atomic E-state index is -0.313. The van der Waals surface area contributed by atoms with Crippen LogP contribution >= 0.6 is 0 Å². The van der Waals surface area contributed by atoms with Crippen LogP contribution in [0.1, 0.15) is 27.9 Å². The third-order valence-corrected chi connectivity index (χ3v) is 4.69. The van der Waals surface area contributed by atoms with E-state index in [0.29, 0.717) is 36.4 Å². The van der Waals surface area contributed by atoms with Gasteiger partial charge in [-0.15, -0.1) is 0 Å². The molecular formula is C23H19FN2O3. The Kier molecular flexibility index (Phi) is 5.24. The summed E-state index contributed by atoms with van der Waals surface area (Å²) in [6.45, 7) is 0.378. The van der Waals surface area contributed by atoms with Gasteiger partial charge in [-0.2, -0.15) is 0 Å². The van der Waals surface area contributed by atoms with Crippen molar-refractivity contribution in [3.05, 3.63) is 89.2 Å². The second kappa shape index (κ2) is 8.14. The SMILES string of the molecule is O=C1CCc2cc(C(=O)NCc3ccc(Oc4ccc(F)cc4)cc3)ccc2N1. The van der Waals surface area contributed by atoms with Crippen LogP contribution in [0.3, 0.4) is 0 Å². The molecule has 4 rings (SSSR count). The Labute approximate surface area is 167 Å². The van der Waals surface area contributed by atoms with Crippen LogP contribution in [0.4, 0.5) is 10.1 Å². The molecule has 6 heteroatoms. The third kappa shape index (κ3) is 4.60. The summed E-state index contributed by atoms with van der Waals surface area (Å²) >= 11 is 0. The predicted molar refractivity (Wildman–Crippen MR) is 107 cm³/mol. The number of ether oxygens (including phenoxy) is 1. The number of carbonyl (C=O) groups is 2. The van der Waals surface area contributed by atoms with Crippen molar-refractivity contribution in [1.29, 1.82) is 0 Å². The number of benzene rings is 3. The maximum Gasteiger partial charge on any atom is 0.251 e. The number of hydrogen-bond donors (Lipinski definition) is 2. The van der Waals surface area contributed by atoms with Gasteiger partial charge in [0.15, 0.2) is 0 Å². The number of halogens is 1. The van der Waals surface area contributed by atoms with Crippen LogP contribution in [-0.4, -0.2) is 11.8 Å². The van der Waals surface area contributed by atoms with E-state index in [0.717, 1.165) is 16.8 Å². The van der Waals surface area contributed by atoms with Crippen LogP contribution in [0.5, 0.6) is 11.5 Å². The third-order valence-electron chi connectivity index (χ3n) is 4.69. The Morgan fingerprint density at radius 3 is 2.38 bits per heavy atom. The zero-order chi connectivity index (χ0) is 20.2. The van der Waals surface area contributed by atoms with Gasteiger partial charge >= 0.3 is 0 Å². The fourth-order valence-electron chi connectivity index (χ4n) is 3.12. The molecule has 1 heterocycles. The minimum Gasteiger partial charge on any atom is -0.457 e. The molecule has 29 heavy (non-hydrogen) atoms. The van der Waals surface area contributed by atoms with Crippen molar-refractivity contribution in [3.63, 3.8) is 0 Å². The molecule has 0 saturated heterocycles. The van der Waals surface area contributed by atoms with Gasteiger partial charge in [-0.05, 0) is 72.1 Å². The number of aryl methyl sites for hydroxylation is 1. The Hall–Kier alpha value is -3.67. The van der Waals surface area contributed by atoms with Gasteiger partial charge in [0.05, 0.1) is 0 Å². The number of carbonyl (C=O) groups excluding carboxylic acids is 2. The summed E-state index contributed by atoms with van der Waals surface area (Å²) in [6.07, 6.45) is 1.07. The lowest BCUT2D eigenvalue weighted by Crippen LogP contribution is -2.24. The highest BCUT2D eigenvalue weighted by Gasteiger charge is 2.16. The van der Waals surface area contributed by atoms with E-state index in [2.05, 4.69) is 10.6 Å². The normalized spacial score (nSPS) is 12.7. The molecule has 146 valence electrons. The second-order valence-electron chi connectivity index (χ2n) is 6.80. The molecule has 0 aromatic heterocycles. The number of rotatable bonds is 5. The van der Waals surface area contributed by atoms with Gasteiger partial charge in [0.2, 0.25) is 5.91 Å². The Bertz CT molecular complexity index is 1050. The van der Waals surface area contributed by atoms with Crippen molar-refractivity contribution >= 4 is 17.5 Å². The highest BCUT2D eigenvalue weighted by molar-refractivity contribution is 5.97. The van der Waals surface area contributed by atoms with Crippen molar-refractivity contribution in [3.8, 4) is 11.5 Å². The van der Waals surface area contributed by atoms with E-state index in [4.69, 9.17) is 4.74 Å². The van der Waals surface area contributed by atoms with Crippen LogP contribution in [0, 0.1) is 5.82 Å². The predicted octanol–water partition coefficient (Wildman–Crippen LogP) is 4.43. The number of amides is 2. The molecule has 2 N–H and O–H groups in total. The molecule has 0 aliphatic carbocycles. The van der Waals surface area contributed by atoms with Crippen molar-refractivity contribution < 1.29 is 18.7 Å². The lowest BCUT2D eigenvalue weighted by molar-refractivity contribution is -0.116. The molecule has 1 aliphatic heterocycles. The fraction of sp³-hybridized carbons (Fsp3) is 0.130. The number of nitrogens with one attached hydrogen (secondary N) is 2. The second-order valence-corrected chi connectivity index (χ2v) is 6.80. The molecule has 1 aliphatic rings. The summed E-state index contributed by atoms with van der Waals surface area (Å²) in [5.74, 6) is 0.699. The molecule has 3 aromatic carbocycles. The zero-order valence-electron chi connectivity index (χ0n) is 15.6. The maximum absolute atomic E-state index is 12.9. The summed E-state index contributed by atoms with van der Waals surface area (Å²) in [4.78, 5) is 23.9. The van der Waals surface area contributed by atoms with Crippen molar-refractivity contribution in [2.24, 2.45) is 0 Å². The van der Waals surface area contributed by atoms with Gasteiger partial charge in [0.1, 0.15) is 17.3 Å². The first kappa shape index (κ1) is 18.7. The average molecular weight is 390 g/mol. The van der Waals surface area contributed by atoms with Gasteiger partial charge in [-0.25, -0.2) is 4.39 Å². The maximum atomic E-state index is 12.9. The van der Waals surface area contributed by atoms with E-state index in [1.165, 1.54) is 12.1 Å². The number of fused-ring (bicyclic) bond motifs is 1. The minimum absolute atomic E-state index is 0.00144. The summed E-state index contributed by atoms with van der Waals surface area (Å²) in [5, 5.41) is 5.71. The van der Waals surface area contributed by atoms with Crippen LogP contribution in [0.15, 0.2) is 66.7 Å². The molecule has 2 amide bonds. The Morgan fingerprint density at radius 1 is 0.966 bits per heavy atom. The first-order valence-corrected chi connectivity index (χ1v) is 9.30. The van der Waals surface area contributed by atoms with Crippen LogP contribution < -0.4 is 15.4 Å².